The van der Waals surface area contributed by atoms with Crippen LogP contribution in [0.15, 0.2) is 36.5 Å². The summed E-state index contributed by atoms with van der Waals surface area (Å²) in [5, 5.41) is 9.68. The van der Waals surface area contributed by atoms with Crippen molar-refractivity contribution in [1.82, 2.24) is 4.98 Å². The molecule has 1 aliphatic rings. The van der Waals surface area contributed by atoms with Gasteiger partial charge in [-0.15, -0.1) is 0 Å². The first-order chi connectivity index (χ1) is 8.34. The summed E-state index contributed by atoms with van der Waals surface area (Å²) in [6, 6.07) is 10.2. The summed E-state index contributed by atoms with van der Waals surface area (Å²) < 4.78 is 5.37. The molecule has 0 spiro atoms. The number of fused-ring (bicyclic) bond motifs is 1. The molecule has 2 aromatic rings. The second-order valence-corrected chi connectivity index (χ2v) is 4.20. The van der Waals surface area contributed by atoms with Crippen molar-refractivity contribution in [2.75, 3.05) is 0 Å². The number of rotatable bonds is 2. The molecular weight excluding hydrogens is 214 g/mol. The van der Waals surface area contributed by atoms with Gasteiger partial charge in [-0.2, -0.15) is 0 Å². The van der Waals surface area contributed by atoms with E-state index >= 15 is 0 Å². The highest BCUT2D eigenvalue weighted by Gasteiger charge is 2.20. The molecule has 0 saturated heterocycles. The molecular formula is C14H13NO2. The van der Waals surface area contributed by atoms with Crippen LogP contribution in [0.5, 0.6) is 5.75 Å². The molecule has 3 heteroatoms. The maximum absolute atomic E-state index is 9.68. The van der Waals surface area contributed by atoms with Crippen molar-refractivity contribution in [2.24, 2.45) is 0 Å². The molecule has 0 fully saturated rings. The van der Waals surface area contributed by atoms with Gasteiger partial charge >= 0.3 is 0 Å². The molecule has 1 N–H and O–H groups in total. The first-order valence-corrected chi connectivity index (χ1v) is 5.65. The molecule has 0 saturated carbocycles. The number of hydrogen-bond acceptors (Lipinski definition) is 3. The number of benzene rings is 1. The van der Waals surface area contributed by atoms with E-state index in [0.29, 0.717) is 13.2 Å². The van der Waals surface area contributed by atoms with Crippen molar-refractivity contribution >= 4 is 0 Å². The minimum Gasteiger partial charge on any atom is -0.506 e. The zero-order valence-electron chi connectivity index (χ0n) is 9.39. The number of nitrogens with zero attached hydrogens (tertiary/aromatic N) is 1. The molecule has 17 heavy (non-hydrogen) atoms. The maximum Gasteiger partial charge on any atom is 0.139 e. The van der Waals surface area contributed by atoms with Crippen molar-refractivity contribution in [3.05, 3.63) is 58.9 Å². The largest absolute Gasteiger partial charge is 0.506 e. The second-order valence-electron chi connectivity index (χ2n) is 4.20. The van der Waals surface area contributed by atoms with E-state index in [9.17, 15) is 5.11 Å². The molecule has 0 radical (unpaired) electrons. The lowest BCUT2D eigenvalue weighted by Crippen LogP contribution is -1.99. The Hall–Kier alpha value is -1.87. The van der Waals surface area contributed by atoms with Gasteiger partial charge in [0.2, 0.25) is 0 Å². The van der Waals surface area contributed by atoms with Gasteiger partial charge in [0.05, 0.1) is 25.1 Å². The lowest BCUT2D eigenvalue weighted by molar-refractivity contribution is 0.133. The van der Waals surface area contributed by atoms with Crippen LogP contribution in [0.25, 0.3) is 0 Å². The van der Waals surface area contributed by atoms with E-state index in [1.807, 2.05) is 18.2 Å². The maximum atomic E-state index is 9.68. The normalized spacial score (nSPS) is 13.6. The topological polar surface area (TPSA) is 42.4 Å². The summed E-state index contributed by atoms with van der Waals surface area (Å²) in [5.41, 5.74) is 4.17. The molecule has 3 rings (SSSR count). The highest BCUT2D eigenvalue weighted by Crippen LogP contribution is 2.30. The van der Waals surface area contributed by atoms with Gasteiger partial charge in [0.1, 0.15) is 5.75 Å². The van der Waals surface area contributed by atoms with E-state index in [4.69, 9.17) is 4.74 Å². The molecule has 0 amide bonds. The average Bonchev–Trinajstić information content (AvgIpc) is 2.84. The number of ether oxygens (including phenoxy) is 1. The molecule has 0 aliphatic carbocycles. The predicted octanol–water partition coefficient (Wildman–Crippen LogP) is 2.41. The third-order valence-corrected chi connectivity index (χ3v) is 3.07. The van der Waals surface area contributed by atoms with Gasteiger partial charge < -0.3 is 9.84 Å². The summed E-state index contributed by atoms with van der Waals surface area (Å²) in [6.07, 6.45) is 2.30. The summed E-state index contributed by atoms with van der Waals surface area (Å²) in [4.78, 5) is 4.32. The Kier molecular flexibility index (Phi) is 2.53. The van der Waals surface area contributed by atoms with Gasteiger partial charge in [0, 0.05) is 17.5 Å². The van der Waals surface area contributed by atoms with Crippen LogP contribution in [-0.2, 0) is 24.4 Å². The lowest BCUT2D eigenvalue weighted by Gasteiger charge is -2.07. The van der Waals surface area contributed by atoms with Crippen LogP contribution in [-0.4, -0.2) is 10.1 Å². The Bertz CT molecular complexity index is 537. The van der Waals surface area contributed by atoms with Crippen LogP contribution in [0.4, 0.5) is 0 Å². The van der Waals surface area contributed by atoms with E-state index in [1.54, 1.807) is 0 Å². The van der Waals surface area contributed by atoms with Crippen molar-refractivity contribution in [3.8, 4) is 5.75 Å². The first kappa shape index (κ1) is 10.3. The van der Waals surface area contributed by atoms with Crippen molar-refractivity contribution in [3.63, 3.8) is 0 Å². The van der Waals surface area contributed by atoms with Crippen LogP contribution in [0.1, 0.15) is 22.4 Å². The quantitative estimate of drug-likeness (QED) is 0.856. The summed E-state index contributed by atoms with van der Waals surface area (Å²) in [5.74, 6) is 0.245. The van der Waals surface area contributed by atoms with Gasteiger partial charge in [0.25, 0.3) is 0 Å². The van der Waals surface area contributed by atoms with Crippen molar-refractivity contribution in [2.45, 2.75) is 19.6 Å². The van der Waals surface area contributed by atoms with Gasteiger partial charge in [-0.3, -0.25) is 4.98 Å². The van der Waals surface area contributed by atoms with Gasteiger partial charge in [-0.1, -0.05) is 30.3 Å². The Labute approximate surface area is 99.7 Å². The van der Waals surface area contributed by atoms with Crippen LogP contribution in [0.2, 0.25) is 0 Å². The van der Waals surface area contributed by atoms with E-state index < -0.39 is 0 Å². The summed E-state index contributed by atoms with van der Waals surface area (Å²) >= 11 is 0. The van der Waals surface area contributed by atoms with Gasteiger partial charge in [-0.05, 0) is 5.56 Å². The predicted molar refractivity (Wildman–Crippen MR) is 63.6 cm³/mol. The number of aromatic hydroxyl groups is 1. The molecule has 2 heterocycles. The zero-order chi connectivity index (χ0) is 11.7. The molecule has 0 bridgehead atoms. The minimum absolute atomic E-state index is 0.245. The number of pyridine rings is 1. The summed E-state index contributed by atoms with van der Waals surface area (Å²) in [6.45, 7) is 1.05. The van der Waals surface area contributed by atoms with Crippen LogP contribution in [0.3, 0.4) is 0 Å². The highest BCUT2D eigenvalue weighted by atomic mass is 16.5. The van der Waals surface area contributed by atoms with Crippen LogP contribution in [0, 0.1) is 0 Å². The SMILES string of the molecule is Oc1cnc(Cc2ccccc2)c2c1COC2. The monoisotopic (exact) mass is 227 g/mol. The van der Waals surface area contributed by atoms with Crippen molar-refractivity contribution in [1.29, 1.82) is 0 Å². The van der Waals surface area contributed by atoms with E-state index in [1.165, 1.54) is 11.8 Å². The Morgan fingerprint density at radius 3 is 2.71 bits per heavy atom. The molecule has 1 aliphatic heterocycles. The van der Waals surface area contributed by atoms with E-state index in [0.717, 1.165) is 23.2 Å². The smallest absolute Gasteiger partial charge is 0.139 e. The third-order valence-electron chi connectivity index (χ3n) is 3.07. The fourth-order valence-corrected chi connectivity index (χ4v) is 2.15. The Morgan fingerprint density at radius 2 is 1.88 bits per heavy atom. The Morgan fingerprint density at radius 1 is 1.12 bits per heavy atom. The molecule has 0 unspecified atom stereocenters. The third kappa shape index (κ3) is 1.89. The fraction of sp³-hybridized carbons (Fsp3) is 0.214. The standard InChI is InChI=1S/C14H13NO2/c16-14-7-15-13(11-8-17-9-12(11)14)6-10-4-2-1-3-5-10/h1-5,7,16H,6,8-9H2. The molecule has 1 aromatic carbocycles. The zero-order valence-corrected chi connectivity index (χ0v) is 9.39. The first-order valence-electron chi connectivity index (χ1n) is 5.65. The van der Waals surface area contributed by atoms with Crippen LogP contribution >= 0.6 is 0 Å². The van der Waals surface area contributed by atoms with Crippen molar-refractivity contribution < 1.29 is 9.84 Å². The van der Waals surface area contributed by atoms with E-state index in [-0.39, 0.29) is 5.75 Å². The average molecular weight is 227 g/mol. The molecule has 1 aromatic heterocycles. The number of aromatic nitrogens is 1. The van der Waals surface area contributed by atoms with Gasteiger partial charge in [-0.25, -0.2) is 0 Å². The van der Waals surface area contributed by atoms with Gasteiger partial charge in [0.15, 0.2) is 0 Å². The fourth-order valence-electron chi connectivity index (χ4n) is 2.15. The molecule has 86 valence electrons. The second kappa shape index (κ2) is 4.18. The van der Waals surface area contributed by atoms with E-state index in [2.05, 4.69) is 17.1 Å². The number of hydrogen-bond donors (Lipinski definition) is 1. The van der Waals surface area contributed by atoms with Crippen LogP contribution < -0.4 is 0 Å². The Balaban J connectivity index is 1.97. The highest BCUT2D eigenvalue weighted by molar-refractivity contribution is 5.42. The lowest BCUT2D eigenvalue weighted by atomic mass is 10.0. The molecule has 3 nitrogen and oxygen atoms in total. The molecule has 0 atom stereocenters. The minimum atomic E-state index is 0.245. The summed E-state index contributed by atoms with van der Waals surface area (Å²) in [7, 11) is 0.